The van der Waals surface area contributed by atoms with Gasteiger partial charge in [0.1, 0.15) is 6.23 Å². The Morgan fingerprint density at radius 2 is 1.87 bits per heavy atom. The van der Waals surface area contributed by atoms with Crippen LogP contribution in [0.5, 0.6) is 0 Å². The highest BCUT2D eigenvalue weighted by Crippen LogP contribution is 2.38. The minimum absolute atomic E-state index is 0.144. The van der Waals surface area contributed by atoms with Crippen LogP contribution in [-0.2, 0) is 16.0 Å². The number of nitriles is 1. The predicted octanol–water partition coefficient (Wildman–Crippen LogP) is 2.04. The number of benzene rings is 1. The lowest BCUT2D eigenvalue weighted by molar-refractivity contribution is -0.148. The number of rotatable bonds is 4. The number of carbonyl (C=O) groups is 1. The van der Waals surface area contributed by atoms with Crippen LogP contribution in [0.2, 0.25) is 0 Å². The van der Waals surface area contributed by atoms with Gasteiger partial charge in [0.05, 0.1) is 30.3 Å². The van der Waals surface area contributed by atoms with Crippen molar-refractivity contribution >= 4 is 11.6 Å². The van der Waals surface area contributed by atoms with Gasteiger partial charge in [-0.3, -0.25) is 14.7 Å². The van der Waals surface area contributed by atoms with E-state index in [-0.39, 0.29) is 17.7 Å². The number of piperazine rings is 1. The van der Waals surface area contributed by atoms with Gasteiger partial charge in [0, 0.05) is 44.3 Å². The molecule has 3 aliphatic heterocycles. The minimum atomic E-state index is -0.215. The van der Waals surface area contributed by atoms with Crippen LogP contribution in [0.15, 0.2) is 48.8 Å². The molecule has 5 rings (SSSR count). The first-order valence-electron chi connectivity index (χ1n) is 11.0. The van der Waals surface area contributed by atoms with Gasteiger partial charge in [-0.25, -0.2) is 0 Å². The van der Waals surface area contributed by atoms with Crippen LogP contribution in [0, 0.1) is 11.3 Å². The number of aromatic nitrogens is 1. The smallest absolute Gasteiger partial charge is 0.238 e. The van der Waals surface area contributed by atoms with Crippen LogP contribution < -0.4 is 4.90 Å². The highest BCUT2D eigenvalue weighted by Gasteiger charge is 2.50. The van der Waals surface area contributed by atoms with E-state index < -0.39 is 0 Å². The van der Waals surface area contributed by atoms with Crippen molar-refractivity contribution in [1.82, 2.24) is 14.8 Å². The number of anilines is 1. The summed E-state index contributed by atoms with van der Waals surface area (Å²) in [6, 6.07) is 13.9. The summed E-state index contributed by atoms with van der Waals surface area (Å²) >= 11 is 0. The molecule has 1 amide bonds. The molecule has 0 saturated carbocycles. The molecule has 3 saturated heterocycles. The van der Waals surface area contributed by atoms with Crippen LogP contribution in [-0.4, -0.2) is 71.8 Å². The lowest BCUT2D eigenvalue weighted by Crippen LogP contribution is -2.54. The Bertz CT molecular complexity index is 964. The Hall–Kier alpha value is -2.95. The third kappa shape index (κ3) is 4.14. The van der Waals surface area contributed by atoms with E-state index in [0.717, 1.165) is 45.4 Å². The van der Waals surface area contributed by atoms with Crippen molar-refractivity contribution in [3.63, 3.8) is 0 Å². The third-order valence-electron chi connectivity index (χ3n) is 6.79. The molecule has 4 heterocycles. The molecule has 0 bridgehead atoms. The summed E-state index contributed by atoms with van der Waals surface area (Å²) in [5.74, 6) is 0.171. The van der Waals surface area contributed by atoms with Crippen LogP contribution in [0.25, 0.3) is 0 Å². The van der Waals surface area contributed by atoms with Gasteiger partial charge >= 0.3 is 0 Å². The number of fused-ring (bicyclic) bond motifs is 1. The molecule has 7 heteroatoms. The average Bonchev–Trinajstić information content (AvgIpc) is 3.17. The summed E-state index contributed by atoms with van der Waals surface area (Å²) < 4.78 is 6.55. The Balaban J connectivity index is 1.17. The Morgan fingerprint density at radius 1 is 1.13 bits per heavy atom. The maximum Gasteiger partial charge on any atom is 0.238 e. The van der Waals surface area contributed by atoms with Gasteiger partial charge in [-0.05, 0) is 49.1 Å². The van der Waals surface area contributed by atoms with E-state index in [1.54, 1.807) is 0 Å². The second-order valence-electron chi connectivity index (χ2n) is 8.76. The maximum atomic E-state index is 12.8. The van der Waals surface area contributed by atoms with Crippen LogP contribution in [0.4, 0.5) is 5.69 Å². The van der Waals surface area contributed by atoms with Crippen molar-refractivity contribution in [1.29, 1.82) is 5.26 Å². The van der Waals surface area contributed by atoms with Crippen molar-refractivity contribution in [3.05, 3.63) is 59.9 Å². The van der Waals surface area contributed by atoms with Gasteiger partial charge < -0.3 is 14.5 Å². The monoisotopic (exact) mass is 417 g/mol. The number of pyridine rings is 1. The normalized spacial score (nSPS) is 23.1. The molecule has 1 aromatic heterocycles. The van der Waals surface area contributed by atoms with Gasteiger partial charge in [0.25, 0.3) is 0 Å². The first-order chi connectivity index (χ1) is 15.1. The van der Waals surface area contributed by atoms with Crippen molar-refractivity contribution in [3.8, 4) is 6.07 Å². The summed E-state index contributed by atoms with van der Waals surface area (Å²) in [5, 5.41) is 8.94. The maximum absolute atomic E-state index is 12.8. The van der Waals surface area contributed by atoms with Gasteiger partial charge in [-0.1, -0.05) is 12.1 Å². The van der Waals surface area contributed by atoms with Gasteiger partial charge in [-0.15, -0.1) is 0 Å². The summed E-state index contributed by atoms with van der Waals surface area (Å²) in [6.45, 7) is 4.61. The average molecular weight is 418 g/mol. The van der Waals surface area contributed by atoms with Crippen LogP contribution >= 0.6 is 0 Å². The van der Waals surface area contributed by atoms with Gasteiger partial charge in [-0.2, -0.15) is 5.26 Å². The predicted molar refractivity (Wildman–Crippen MR) is 116 cm³/mol. The lowest BCUT2D eigenvalue weighted by atomic mass is 9.91. The molecule has 0 N–H and O–H groups in total. The second-order valence-corrected chi connectivity index (χ2v) is 8.76. The topological polar surface area (TPSA) is 72.7 Å². The number of ether oxygens (including phenoxy) is 1. The molecular formula is C24H27N5O2. The van der Waals surface area contributed by atoms with E-state index >= 15 is 0 Å². The molecule has 31 heavy (non-hydrogen) atoms. The van der Waals surface area contributed by atoms with Crippen LogP contribution in [0.1, 0.15) is 24.0 Å². The number of nitrogens with zero attached hydrogens (tertiary/aromatic N) is 5. The van der Waals surface area contributed by atoms with E-state index in [4.69, 9.17) is 10.00 Å². The van der Waals surface area contributed by atoms with Crippen LogP contribution in [0.3, 0.4) is 0 Å². The fourth-order valence-corrected chi connectivity index (χ4v) is 4.96. The summed E-state index contributed by atoms with van der Waals surface area (Å²) in [7, 11) is 0. The van der Waals surface area contributed by atoms with Gasteiger partial charge in [0.15, 0.2) is 0 Å². The first-order valence-corrected chi connectivity index (χ1v) is 11.0. The molecule has 2 aromatic rings. The zero-order valence-corrected chi connectivity index (χ0v) is 17.6. The third-order valence-corrected chi connectivity index (χ3v) is 6.79. The molecule has 0 radical (unpaired) electrons. The van der Waals surface area contributed by atoms with E-state index in [0.29, 0.717) is 18.7 Å². The number of hydrogen-bond donors (Lipinski definition) is 0. The zero-order valence-electron chi connectivity index (χ0n) is 17.6. The Morgan fingerprint density at radius 3 is 2.58 bits per heavy atom. The number of piperidine rings is 1. The molecule has 7 nitrogen and oxygen atoms in total. The molecule has 160 valence electrons. The number of hydrogen-bond acceptors (Lipinski definition) is 6. The molecule has 3 aliphatic rings. The molecule has 1 spiro atoms. The molecule has 3 fully saturated rings. The minimum Gasteiger partial charge on any atom is -0.371 e. The molecule has 0 aliphatic carbocycles. The fourth-order valence-electron chi connectivity index (χ4n) is 4.96. The Labute approximate surface area is 182 Å². The molecule has 1 atom stereocenters. The zero-order chi connectivity index (χ0) is 21.3. The summed E-state index contributed by atoms with van der Waals surface area (Å²) in [6.07, 6.45) is 6.24. The lowest BCUT2D eigenvalue weighted by Gasteiger charge is -2.39. The molecule has 1 unspecified atom stereocenters. The number of carbonyl (C=O) groups excluding carboxylic acids is 1. The standard InChI is InChI=1S/C24H27N5O2/c25-15-20-3-1-19(2-4-20)7-12-27-16-22(30)29-18-24(31-23(29)17-27)8-13-28(14-9-24)21-5-10-26-11-6-21/h1-6,10-11,23H,7-9,12-14,16-18H2. The van der Waals surface area contributed by atoms with Crippen molar-refractivity contribution in [2.45, 2.75) is 31.1 Å². The van der Waals surface area contributed by atoms with Gasteiger partial charge in [0.2, 0.25) is 5.91 Å². The van der Waals surface area contributed by atoms with E-state index in [2.05, 4.69) is 20.9 Å². The highest BCUT2D eigenvalue weighted by atomic mass is 16.5. The Kier molecular flexibility index (Phi) is 5.34. The van der Waals surface area contributed by atoms with Crippen molar-refractivity contribution in [2.24, 2.45) is 0 Å². The quantitative estimate of drug-likeness (QED) is 0.758. The summed E-state index contributed by atoms with van der Waals surface area (Å²) in [5.41, 5.74) is 2.84. The van der Waals surface area contributed by atoms with E-state index in [9.17, 15) is 4.79 Å². The SMILES string of the molecule is N#Cc1ccc(CCN2CC(=O)N3CC4(CCN(c5ccncc5)CC4)OC3C2)cc1. The fraction of sp³-hybridized carbons (Fsp3) is 0.458. The van der Waals surface area contributed by atoms with Crippen molar-refractivity contribution in [2.75, 3.05) is 44.2 Å². The molecular weight excluding hydrogens is 390 g/mol. The van der Waals surface area contributed by atoms with E-state index in [1.807, 2.05) is 53.7 Å². The summed E-state index contributed by atoms with van der Waals surface area (Å²) in [4.78, 5) is 23.5. The number of amides is 1. The van der Waals surface area contributed by atoms with Crippen molar-refractivity contribution < 1.29 is 9.53 Å². The largest absolute Gasteiger partial charge is 0.371 e. The van der Waals surface area contributed by atoms with E-state index in [1.165, 1.54) is 11.3 Å². The highest BCUT2D eigenvalue weighted by molar-refractivity contribution is 5.79. The first kappa shape index (κ1) is 20.0. The second kappa shape index (κ2) is 8.29. The molecule has 1 aromatic carbocycles.